The van der Waals surface area contributed by atoms with Gasteiger partial charge in [0.25, 0.3) is 0 Å². The first-order valence-electron chi connectivity index (χ1n) is 15.0. The van der Waals surface area contributed by atoms with Crippen molar-refractivity contribution in [2.75, 3.05) is 6.26 Å². The Labute approximate surface area is 235 Å². The third-order valence-electron chi connectivity index (χ3n) is 13.4. The number of nitrogens with one attached hydrogen (secondary N) is 2. The summed E-state index contributed by atoms with van der Waals surface area (Å²) in [5.41, 5.74) is 7.17. The molecule has 4 saturated carbocycles. The van der Waals surface area contributed by atoms with E-state index in [4.69, 9.17) is 5.73 Å². The first-order chi connectivity index (χ1) is 17.7. The molecule has 5 aliphatic rings. The lowest BCUT2D eigenvalue weighted by Crippen LogP contribution is -2.67. The van der Waals surface area contributed by atoms with E-state index < -0.39 is 21.6 Å². The minimum Gasteiger partial charge on any atom is -0.332 e. The molecule has 5 aliphatic carbocycles. The lowest BCUT2D eigenvalue weighted by Gasteiger charge is -2.70. The lowest BCUT2D eigenvalue weighted by atomic mass is 9.33. The number of hydrogen-bond acceptors (Lipinski definition) is 5. The molecule has 0 aromatic carbocycles. The Balaban J connectivity index is 1.53. The minimum absolute atomic E-state index is 0.00797. The molecule has 2 amide bonds. The Morgan fingerprint density at radius 2 is 1.59 bits per heavy atom. The summed E-state index contributed by atoms with van der Waals surface area (Å²) in [4.78, 5) is 27.0. The summed E-state index contributed by atoms with van der Waals surface area (Å²) in [5.74, 6) is 0.876. The van der Waals surface area contributed by atoms with Crippen molar-refractivity contribution in [3.8, 4) is 0 Å². The number of sulfonamides is 1. The van der Waals surface area contributed by atoms with Crippen LogP contribution in [0.4, 0.5) is 4.79 Å². The molecule has 220 valence electrons. The number of hydrogen-bond donors (Lipinski definition) is 3. The van der Waals surface area contributed by atoms with E-state index >= 15 is 0 Å². The molecule has 0 aliphatic heterocycles. The first kappa shape index (κ1) is 29.1. The lowest BCUT2D eigenvalue weighted by molar-refractivity contribution is -0.186. The molecule has 39 heavy (non-hydrogen) atoms. The number of carbonyl (C=O) groups excluding carboxylic acids is 2. The van der Waals surface area contributed by atoms with E-state index in [0.29, 0.717) is 18.1 Å². The van der Waals surface area contributed by atoms with Crippen LogP contribution in [0.15, 0.2) is 11.6 Å². The van der Waals surface area contributed by atoms with Gasteiger partial charge in [-0.3, -0.25) is 4.79 Å². The largest absolute Gasteiger partial charge is 0.332 e. The van der Waals surface area contributed by atoms with Crippen LogP contribution in [0.3, 0.4) is 0 Å². The summed E-state index contributed by atoms with van der Waals surface area (Å²) in [6.07, 6.45) is 11.7. The molecule has 8 heteroatoms. The number of rotatable bonds is 2. The van der Waals surface area contributed by atoms with Gasteiger partial charge in [-0.05, 0) is 110 Å². The zero-order valence-corrected chi connectivity index (χ0v) is 26.2. The van der Waals surface area contributed by atoms with Crippen molar-refractivity contribution in [1.29, 1.82) is 0 Å². The molecule has 0 heterocycles. The van der Waals surface area contributed by atoms with E-state index in [9.17, 15) is 18.0 Å². The number of nitrogens with two attached hydrogens (primary N) is 1. The Morgan fingerprint density at radius 3 is 2.23 bits per heavy atom. The molecule has 0 aromatic rings. The van der Waals surface area contributed by atoms with Gasteiger partial charge < -0.3 is 11.1 Å². The summed E-state index contributed by atoms with van der Waals surface area (Å²) in [5, 5.41) is 2.99. The fourth-order valence-electron chi connectivity index (χ4n) is 10.8. The average molecular weight is 562 g/mol. The van der Waals surface area contributed by atoms with Crippen molar-refractivity contribution in [2.24, 2.45) is 50.6 Å². The first-order valence-corrected chi connectivity index (χ1v) is 16.9. The van der Waals surface area contributed by atoms with Crippen LogP contribution in [0.5, 0.6) is 0 Å². The van der Waals surface area contributed by atoms with Crippen LogP contribution < -0.4 is 15.8 Å². The van der Waals surface area contributed by atoms with Gasteiger partial charge in [0.2, 0.25) is 10.0 Å². The van der Waals surface area contributed by atoms with Gasteiger partial charge in [-0.1, -0.05) is 47.1 Å². The monoisotopic (exact) mass is 561 g/mol. The predicted molar refractivity (Wildman–Crippen MR) is 154 cm³/mol. The Hall–Kier alpha value is -1.41. The Bertz CT molecular complexity index is 1230. The molecule has 0 bridgehead atoms. The van der Waals surface area contributed by atoms with Crippen LogP contribution in [0.1, 0.15) is 106 Å². The maximum atomic E-state index is 14.4. The highest BCUT2D eigenvalue weighted by Gasteiger charge is 2.69. The number of fused-ring (bicyclic) bond motifs is 7. The quantitative estimate of drug-likeness (QED) is 0.422. The van der Waals surface area contributed by atoms with Crippen LogP contribution in [0, 0.1) is 44.8 Å². The molecule has 5 rings (SSSR count). The number of carbonyl (C=O) groups is 2. The maximum absolute atomic E-state index is 14.4. The summed E-state index contributed by atoms with van der Waals surface area (Å²) >= 11 is 0. The fraction of sp³-hybridized carbons (Fsp3) is 0.871. The zero-order valence-electron chi connectivity index (χ0n) is 25.4. The van der Waals surface area contributed by atoms with Crippen LogP contribution in [0.2, 0.25) is 0 Å². The van der Waals surface area contributed by atoms with E-state index in [1.165, 1.54) is 5.57 Å². The van der Waals surface area contributed by atoms with Crippen molar-refractivity contribution in [3.63, 3.8) is 0 Å². The van der Waals surface area contributed by atoms with Gasteiger partial charge in [0.05, 0.1) is 6.26 Å². The molecule has 0 aromatic heterocycles. The SMILES string of the molecule is CC1(C)[C@@H](N)CC[C@]2(C)[C@H]3C(=O)C=C4[C@@H]5C[C@@](C)(NC(=O)NS(C)(=O)=O)CC[C@]5(C)CC[C@@]4(C)[C@]3(C)CC[C@@H]12. The van der Waals surface area contributed by atoms with Crippen molar-refractivity contribution >= 4 is 21.8 Å². The summed E-state index contributed by atoms with van der Waals surface area (Å²) in [7, 11) is -3.65. The number of urea groups is 1. The molecule has 4 N–H and O–H groups in total. The highest BCUT2D eigenvalue weighted by atomic mass is 32.2. The minimum atomic E-state index is -3.65. The van der Waals surface area contributed by atoms with Gasteiger partial charge >= 0.3 is 6.03 Å². The highest BCUT2D eigenvalue weighted by molar-refractivity contribution is 7.89. The van der Waals surface area contributed by atoms with Gasteiger partial charge in [0.1, 0.15) is 0 Å². The molecule has 0 radical (unpaired) electrons. The van der Waals surface area contributed by atoms with Gasteiger partial charge in [-0.15, -0.1) is 0 Å². The summed E-state index contributed by atoms with van der Waals surface area (Å²) in [6, 6.07) is -0.504. The predicted octanol–water partition coefficient (Wildman–Crippen LogP) is 5.31. The Morgan fingerprint density at radius 1 is 0.949 bits per heavy atom. The standard InChI is InChI=1S/C31H51N3O4S/c1-26(2)22-9-12-31(7)24(29(22,5)11-10-23(26)32)21(35)17-19-20-18-28(4,33-25(36)34-39(8,37)38)15-13-27(20,3)14-16-30(19,31)6/h17,20,22-24H,9-16,18,32H2,1-8H3,(H2,33,34,36)/t20-,22-,23-,24+,27+,28-,29-,30+,31+/m0/s1. The van der Waals surface area contributed by atoms with Crippen LogP contribution in [0.25, 0.3) is 0 Å². The van der Waals surface area contributed by atoms with Gasteiger partial charge in [0.15, 0.2) is 5.78 Å². The Kier molecular flexibility index (Phi) is 6.38. The van der Waals surface area contributed by atoms with Gasteiger partial charge in [-0.2, -0.15) is 0 Å². The van der Waals surface area contributed by atoms with Crippen LogP contribution in [-0.4, -0.2) is 38.1 Å². The molecule has 0 unspecified atom stereocenters. The second-order valence-corrected chi connectivity index (χ2v) is 17.8. The highest BCUT2D eigenvalue weighted by Crippen LogP contribution is 2.74. The van der Waals surface area contributed by atoms with Crippen molar-refractivity contribution < 1.29 is 18.0 Å². The second kappa shape index (κ2) is 8.56. The number of ketones is 1. The second-order valence-electron chi connectivity index (χ2n) is 16.0. The maximum Gasteiger partial charge on any atom is 0.328 e. The van der Waals surface area contributed by atoms with Gasteiger partial charge in [0, 0.05) is 17.5 Å². The van der Waals surface area contributed by atoms with Crippen molar-refractivity contribution in [3.05, 3.63) is 11.6 Å². The van der Waals surface area contributed by atoms with E-state index in [2.05, 4.69) is 51.6 Å². The van der Waals surface area contributed by atoms with E-state index in [1.807, 2.05) is 13.0 Å². The summed E-state index contributed by atoms with van der Waals surface area (Å²) < 4.78 is 25.4. The normalized spacial score (nSPS) is 48.9. The number of allylic oxidation sites excluding steroid dienone is 2. The van der Waals surface area contributed by atoms with Crippen molar-refractivity contribution in [1.82, 2.24) is 10.0 Å². The van der Waals surface area contributed by atoms with E-state index in [0.717, 1.165) is 57.6 Å². The molecule has 4 fully saturated rings. The fourth-order valence-corrected chi connectivity index (χ4v) is 11.2. The van der Waals surface area contributed by atoms with E-state index in [1.54, 1.807) is 0 Å². The third-order valence-corrected chi connectivity index (χ3v) is 13.9. The molecule has 7 nitrogen and oxygen atoms in total. The van der Waals surface area contributed by atoms with Crippen LogP contribution in [-0.2, 0) is 14.8 Å². The molecular formula is C31H51N3O4S. The summed E-state index contributed by atoms with van der Waals surface area (Å²) in [6.45, 7) is 16.3. The van der Waals surface area contributed by atoms with Gasteiger partial charge in [-0.25, -0.2) is 17.9 Å². The van der Waals surface area contributed by atoms with Crippen LogP contribution >= 0.6 is 0 Å². The van der Waals surface area contributed by atoms with E-state index in [-0.39, 0.29) is 45.0 Å². The number of amides is 2. The smallest absolute Gasteiger partial charge is 0.328 e. The molecule has 0 saturated heterocycles. The zero-order chi connectivity index (χ0) is 29.0. The topological polar surface area (TPSA) is 118 Å². The average Bonchev–Trinajstić information content (AvgIpc) is 2.78. The third kappa shape index (κ3) is 4.16. The van der Waals surface area contributed by atoms with Crippen molar-refractivity contribution in [2.45, 2.75) is 118 Å². The molecule has 0 spiro atoms. The molecule has 9 atom stereocenters. The molecular weight excluding hydrogens is 510 g/mol.